The predicted octanol–water partition coefficient (Wildman–Crippen LogP) is 7.10. The zero-order valence-corrected chi connectivity index (χ0v) is 19.7. The molecule has 0 rings (SSSR count). The van der Waals surface area contributed by atoms with Gasteiger partial charge in [-0.1, -0.05) is 111 Å². The minimum absolute atomic E-state index is 0.232. The summed E-state index contributed by atoms with van der Waals surface area (Å²) in [7, 11) is 0. The van der Waals surface area contributed by atoms with Crippen LogP contribution in [0.25, 0.3) is 0 Å². The second kappa shape index (κ2) is 22.7. The van der Waals surface area contributed by atoms with Crippen LogP contribution in [-0.4, -0.2) is 37.0 Å². The molecule has 0 aliphatic carbocycles. The van der Waals surface area contributed by atoms with Gasteiger partial charge < -0.3 is 10.2 Å². The van der Waals surface area contributed by atoms with Crippen molar-refractivity contribution in [3.63, 3.8) is 0 Å². The molecule has 0 aromatic rings. The van der Waals surface area contributed by atoms with Gasteiger partial charge in [0.15, 0.2) is 0 Å². The summed E-state index contributed by atoms with van der Waals surface area (Å²) >= 11 is 0. The minimum atomic E-state index is 0.232. The average Bonchev–Trinajstić information content (AvgIpc) is 2.71. The first-order valence-corrected chi connectivity index (χ1v) is 12.7. The first kappa shape index (κ1) is 27.4. The Hall–Kier alpha value is -0.570. The minimum Gasteiger partial charge on any atom is -0.356 e. The van der Waals surface area contributed by atoms with Crippen molar-refractivity contribution in [2.45, 2.75) is 130 Å². The van der Waals surface area contributed by atoms with Crippen LogP contribution in [0.2, 0.25) is 0 Å². The zero-order chi connectivity index (χ0) is 20.7. The van der Waals surface area contributed by atoms with E-state index < -0.39 is 0 Å². The first-order chi connectivity index (χ1) is 13.7. The standard InChI is InChI=1S/C25H52N2O/c1-4-7-9-11-12-13-14-15-16-17-18-19-22-26-25(28)21-24-27(6-3)23-20-10-8-5-2/h4-24H2,1-3H3,(H,26,28). The van der Waals surface area contributed by atoms with Gasteiger partial charge in [0.1, 0.15) is 0 Å². The second-order valence-electron chi connectivity index (χ2n) is 8.48. The number of rotatable bonds is 22. The van der Waals surface area contributed by atoms with Crippen molar-refractivity contribution >= 4 is 5.91 Å². The highest BCUT2D eigenvalue weighted by molar-refractivity contribution is 5.75. The summed E-state index contributed by atoms with van der Waals surface area (Å²) in [4.78, 5) is 14.4. The van der Waals surface area contributed by atoms with Crippen LogP contribution in [0.5, 0.6) is 0 Å². The maximum Gasteiger partial charge on any atom is 0.221 e. The molecule has 0 heterocycles. The molecule has 0 bridgehead atoms. The molecule has 0 radical (unpaired) electrons. The lowest BCUT2D eigenvalue weighted by Crippen LogP contribution is -2.31. The van der Waals surface area contributed by atoms with Crippen LogP contribution in [0.3, 0.4) is 0 Å². The van der Waals surface area contributed by atoms with Gasteiger partial charge in [0.2, 0.25) is 5.91 Å². The molecule has 0 saturated carbocycles. The van der Waals surface area contributed by atoms with Gasteiger partial charge in [-0.2, -0.15) is 0 Å². The van der Waals surface area contributed by atoms with Gasteiger partial charge in [-0.15, -0.1) is 0 Å². The third-order valence-electron chi connectivity index (χ3n) is 5.78. The van der Waals surface area contributed by atoms with E-state index in [-0.39, 0.29) is 5.91 Å². The normalized spacial score (nSPS) is 11.3. The fraction of sp³-hybridized carbons (Fsp3) is 0.960. The Balaban J connectivity index is 3.36. The van der Waals surface area contributed by atoms with Crippen LogP contribution in [0.1, 0.15) is 130 Å². The third kappa shape index (κ3) is 20.2. The molecule has 1 amide bonds. The number of carbonyl (C=O) groups excluding carboxylic acids is 1. The van der Waals surface area contributed by atoms with E-state index in [1.807, 2.05) is 0 Å². The lowest BCUT2D eigenvalue weighted by Gasteiger charge is -2.19. The highest BCUT2D eigenvalue weighted by atomic mass is 16.1. The van der Waals surface area contributed by atoms with Gasteiger partial charge in [-0.25, -0.2) is 0 Å². The fourth-order valence-corrected chi connectivity index (χ4v) is 3.73. The van der Waals surface area contributed by atoms with Crippen LogP contribution >= 0.6 is 0 Å². The molecule has 0 aliphatic rings. The van der Waals surface area contributed by atoms with Crippen LogP contribution in [0.4, 0.5) is 0 Å². The molecule has 1 N–H and O–H groups in total. The Morgan fingerprint density at radius 2 is 1.07 bits per heavy atom. The topological polar surface area (TPSA) is 32.3 Å². The molecular formula is C25H52N2O. The molecule has 0 aromatic carbocycles. The van der Waals surface area contributed by atoms with Crippen molar-refractivity contribution in [3.8, 4) is 0 Å². The van der Waals surface area contributed by atoms with Crippen molar-refractivity contribution in [1.29, 1.82) is 0 Å². The van der Waals surface area contributed by atoms with Gasteiger partial charge in [-0.3, -0.25) is 4.79 Å². The number of nitrogens with one attached hydrogen (secondary N) is 1. The fourth-order valence-electron chi connectivity index (χ4n) is 3.73. The number of carbonyl (C=O) groups is 1. The van der Waals surface area contributed by atoms with Gasteiger partial charge in [0.25, 0.3) is 0 Å². The Morgan fingerprint density at radius 3 is 1.57 bits per heavy atom. The van der Waals surface area contributed by atoms with Crippen molar-refractivity contribution < 1.29 is 4.79 Å². The summed E-state index contributed by atoms with van der Waals surface area (Å²) in [6.45, 7) is 10.7. The van der Waals surface area contributed by atoms with Gasteiger partial charge in [0, 0.05) is 19.5 Å². The highest BCUT2D eigenvalue weighted by Gasteiger charge is 2.06. The Morgan fingerprint density at radius 1 is 0.607 bits per heavy atom. The van der Waals surface area contributed by atoms with E-state index in [1.54, 1.807) is 0 Å². The number of amides is 1. The average molecular weight is 397 g/mol. The van der Waals surface area contributed by atoms with Gasteiger partial charge in [0.05, 0.1) is 0 Å². The largest absolute Gasteiger partial charge is 0.356 e. The molecule has 0 unspecified atom stereocenters. The Labute approximate surface area is 177 Å². The zero-order valence-electron chi connectivity index (χ0n) is 19.7. The third-order valence-corrected chi connectivity index (χ3v) is 5.78. The number of hydrogen-bond acceptors (Lipinski definition) is 2. The van der Waals surface area contributed by atoms with Crippen LogP contribution in [0.15, 0.2) is 0 Å². The lowest BCUT2D eigenvalue weighted by atomic mass is 10.1. The Kier molecular flexibility index (Phi) is 22.3. The number of unbranched alkanes of at least 4 members (excludes halogenated alkanes) is 14. The van der Waals surface area contributed by atoms with E-state index in [9.17, 15) is 4.79 Å². The molecule has 28 heavy (non-hydrogen) atoms. The molecular weight excluding hydrogens is 344 g/mol. The molecule has 0 saturated heterocycles. The predicted molar refractivity (Wildman–Crippen MR) is 125 cm³/mol. The summed E-state index contributed by atoms with van der Waals surface area (Å²) in [5, 5.41) is 3.11. The highest BCUT2D eigenvalue weighted by Crippen LogP contribution is 2.11. The molecule has 0 spiro atoms. The second-order valence-corrected chi connectivity index (χ2v) is 8.48. The van der Waals surface area contributed by atoms with Crippen LogP contribution < -0.4 is 5.32 Å². The van der Waals surface area contributed by atoms with E-state index in [1.165, 1.54) is 96.3 Å². The van der Waals surface area contributed by atoms with Crippen molar-refractivity contribution in [2.24, 2.45) is 0 Å². The SMILES string of the molecule is CCCCCCCCCCCCCCNC(=O)CCN(CC)CCCCCC. The van der Waals surface area contributed by atoms with E-state index in [2.05, 4.69) is 31.0 Å². The quantitative estimate of drug-likeness (QED) is 0.198. The number of nitrogens with zero attached hydrogens (tertiary/aromatic N) is 1. The molecule has 0 aromatic heterocycles. The molecule has 0 fully saturated rings. The summed E-state index contributed by atoms with van der Waals surface area (Å²) in [6, 6.07) is 0. The summed E-state index contributed by atoms with van der Waals surface area (Å²) in [5.74, 6) is 0.232. The number of hydrogen-bond donors (Lipinski definition) is 1. The smallest absolute Gasteiger partial charge is 0.221 e. The summed E-state index contributed by atoms with van der Waals surface area (Å²) in [5.41, 5.74) is 0. The monoisotopic (exact) mass is 396 g/mol. The summed E-state index contributed by atoms with van der Waals surface area (Å²) in [6.07, 6.45) is 22.2. The molecule has 3 nitrogen and oxygen atoms in total. The van der Waals surface area contributed by atoms with E-state index in [0.717, 1.165) is 32.6 Å². The van der Waals surface area contributed by atoms with E-state index in [4.69, 9.17) is 0 Å². The van der Waals surface area contributed by atoms with Crippen LogP contribution in [-0.2, 0) is 4.79 Å². The van der Waals surface area contributed by atoms with Gasteiger partial charge >= 0.3 is 0 Å². The maximum absolute atomic E-state index is 12.0. The molecule has 0 aliphatic heterocycles. The lowest BCUT2D eigenvalue weighted by molar-refractivity contribution is -0.121. The Bertz CT molecular complexity index is 320. The van der Waals surface area contributed by atoms with Crippen LogP contribution in [0, 0.1) is 0 Å². The molecule has 3 heteroatoms. The molecule has 0 atom stereocenters. The van der Waals surface area contributed by atoms with E-state index in [0.29, 0.717) is 6.42 Å². The van der Waals surface area contributed by atoms with Crippen molar-refractivity contribution in [2.75, 3.05) is 26.2 Å². The van der Waals surface area contributed by atoms with Gasteiger partial charge in [-0.05, 0) is 25.9 Å². The van der Waals surface area contributed by atoms with Crippen molar-refractivity contribution in [3.05, 3.63) is 0 Å². The van der Waals surface area contributed by atoms with E-state index >= 15 is 0 Å². The molecule has 168 valence electrons. The maximum atomic E-state index is 12.0. The van der Waals surface area contributed by atoms with Crippen molar-refractivity contribution in [1.82, 2.24) is 10.2 Å². The summed E-state index contributed by atoms with van der Waals surface area (Å²) < 4.78 is 0. The first-order valence-electron chi connectivity index (χ1n) is 12.7.